The lowest BCUT2D eigenvalue weighted by Gasteiger charge is -2.08. The number of amides is 1. The van der Waals surface area contributed by atoms with Gasteiger partial charge in [0.15, 0.2) is 0 Å². The predicted molar refractivity (Wildman–Crippen MR) is 123 cm³/mol. The molecular formula is C21H16BrN3O7S. The molecule has 12 heteroatoms. The molecule has 3 rings (SSSR count). The minimum absolute atomic E-state index is 0.0356. The van der Waals surface area contributed by atoms with Crippen molar-refractivity contribution in [3.05, 3.63) is 92.4 Å². The number of hydrogen-bond donors (Lipinski definition) is 1. The van der Waals surface area contributed by atoms with Crippen molar-refractivity contribution in [2.45, 2.75) is 4.90 Å². The largest absolute Gasteiger partial charge is 0.496 e. The Labute approximate surface area is 197 Å². The topological polar surface area (TPSA) is 137 Å². The van der Waals surface area contributed by atoms with Crippen LogP contribution in [-0.4, -0.2) is 32.6 Å². The van der Waals surface area contributed by atoms with Gasteiger partial charge >= 0.3 is 10.1 Å². The zero-order chi connectivity index (χ0) is 24.0. The molecule has 0 saturated heterocycles. The Balaban J connectivity index is 1.64. The van der Waals surface area contributed by atoms with Crippen LogP contribution in [0.25, 0.3) is 0 Å². The second-order valence-corrected chi connectivity index (χ2v) is 8.86. The minimum Gasteiger partial charge on any atom is -0.496 e. The smallest absolute Gasteiger partial charge is 0.339 e. The van der Waals surface area contributed by atoms with Gasteiger partial charge in [0.05, 0.1) is 23.8 Å². The first-order chi connectivity index (χ1) is 15.7. The molecule has 1 amide bonds. The third-order valence-corrected chi connectivity index (χ3v) is 5.96. The molecule has 170 valence electrons. The Bertz CT molecular complexity index is 1310. The molecule has 0 aliphatic carbocycles. The van der Waals surface area contributed by atoms with Crippen LogP contribution in [0.4, 0.5) is 5.69 Å². The lowest BCUT2D eigenvalue weighted by atomic mass is 10.2. The van der Waals surface area contributed by atoms with E-state index in [2.05, 4.69) is 26.5 Å². The van der Waals surface area contributed by atoms with E-state index in [-0.39, 0.29) is 16.3 Å². The number of ether oxygens (including phenoxy) is 1. The molecule has 0 heterocycles. The number of carbonyl (C=O) groups excluding carboxylic acids is 1. The summed E-state index contributed by atoms with van der Waals surface area (Å²) in [5, 5.41) is 14.6. The highest BCUT2D eigenvalue weighted by Gasteiger charge is 2.18. The first-order valence-electron chi connectivity index (χ1n) is 9.15. The highest BCUT2D eigenvalue weighted by molar-refractivity contribution is 9.10. The number of benzene rings is 3. The van der Waals surface area contributed by atoms with E-state index < -0.39 is 20.9 Å². The van der Waals surface area contributed by atoms with Gasteiger partial charge in [-0.1, -0.05) is 15.9 Å². The molecule has 0 aromatic heterocycles. The number of non-ortho nitro benzene ring substituents is 1. The van der Waals surface area contributed by atoms with Gasteiger partial charge in [0.1, 0.15) is 16.4 Å². The summed E-state index contributed by atoms with van der Waals surface area (Å²) < 4.78 is 35.6. The summed E-state index contributed by atoms with van der Waals surface area (Å²) in [6.07, 6.45) is 1.37. The zero-order valence-electron chi connectivity index (χ0n) is 17.0. The second kappa shape index (κ2) is 10.2. The molecule has 0 spiro atoms. The summed E-state index contributed by atoms with van der Waals surface area (Å²) in [5.74, 6) is -0.0476. The molecule has 0 bridgehead atoms. The van der Waals surface area contributed by atoms with Gasteiger partial charge in [-0.05, 0) is 60.2 Å². The maximum atomic E-state index is 12.3. The van der Waals surface area contributed by atoms with Crippen molar-refractivity contribution in [3.63, 3.8) is 0 Å². The number of nitrogens with zero attached hydrogens (tertiary/aromatic N) is 2. The molecule has 3 aromatic carbocycles. The normalized spacial score (nSPS) is 11.2. The van der Waals surface area contributed by atoms with Gasteiger partial charge in [0.25, 0.3) is 11.6 Å². The molecule has 3 aromatic rings. The standard InChI is InChI=1S/C21H16BrN3O7S/c1-31-20-11-4-15(22)12-19(20)21(26)24-23-13-14-2-7-17(8-3-14)32-33(29,30)18-9-5-16(6-10-18)25(27)28/h2-13H,1H3,(H,24,26)/b23-13-. The van der Waals surface area contributed by atoms with Crippen LogP contribution in [0.1, 0.15) is 15.9 Å². The highest BCUT2D eigenvalue weighted by Crippen LogP contribution is 2.23. The van der Waals surface area contributed by atoms with Gasteiger partial charge in [-0.2, -0.15) is 13.5 Å². The van der Waals surface area contributed by atoms with Crippen molar-refractivity contribution in [2.75, 3.05) is 7.11 Å². The van der Waals surface area contributed by atoms with Crippen LogP contribution in [0.15, 0.2) is 81.2 Å². The summed E-state index contributed by atoms with van der Waals surface area (Å²) in [5.41, 5.74) is 3.02. The molecule has 0 aliphatic heterocycles. The molecule has 0 atom stereocenters. The number of rotatable bonds is 8. The molecule has 0 radical (unpaired) electrons. The fourth-order valence-corrected chi connectivity index (χ4v) is 3.89. The Morgan fingerprint density at radius 3 is 2.36 bits per heavy atom. The summed E-state index contributed by atoms with van der Waals surface area (Å²) in [6.45, 7) is 0. The summed E-state index contributed by atoms with van der Waals surface area (Å²) in [4.78, 5) is 22.2. The molecule has 33 heavy (non-hydrogen) atoms. The maximum absolute atomic E-state index is 12.3. The molecule has 0 unspecified atom stereocenters. The van der Waals surface area contributed by atoms with E-state index in [4.69, 9.17) is 8.92 Å². The number of nitro benzene ring substituents is 1. The number of methoxy groups -OCH3 is 1. The van der Waals surface area contributed by atoms with Crippen LogP contribution in [0.5, 0.6) is 11.5 Å². The van der Waals surface area contributed by atoms with Crippen molar-refractivity contribution in [2.24, 2.45) is 5.10 Å². The van der Waals surface area contributed by atoms with E-state index in [1.165, 1.54) is 37.6 Å². The summed E-state index contributed by atoms with van der Waals surface area (Å²) >= 11 is 3.29. The number of nitro groups is 1. The van der Waals surface area contributed by atoms with Crippen molar-refractivity contribution < 1.29 is 27.1 Å². The Kier molecular flexibility index (Phi) is 7.41. The quantitative estimate of drug-likeness (QED) is 0.200. The summed E-state index contributed by atoms with van der Waals surface area (Å²) in [6, 6.07) is 15.2. The van der Waals surface area contributed by atoms with Crippen molar-refractivity contribution >= 4 is 43.9 Å². The van der Waals surface area contributed by atoms with Crippen LogP contribution >= 0.6 is 15.9 Å². The van der Waals surface area contributed by atoms with E-state index in [1.54, 1.807) is 18.2 Å². The van der Waals surface area contributed by atoms with Gasteiger partial charge in [-0.15, -0.1) is 0 Å². The number of hydrazone groups is 1. The fourth-order valence-electron chi connectivity index (χ4n) is 2.60. The fraction of sp³-hybridized carbons (Fsp3) is 0.0476. The van der Waals surface area contributed by atoms with Gasteiger partial charge in [0.2, 0.25) is 0 Å². The molecule has 0 saturated carbocycles. The van der Waals surface area contributed by atoms with Crippen molar-refractivity contribution in [1.29, 1.82) is 0 Å². The van der Waals surface area contributed by atoms with Gasteiger partial charge < -0.3 is 8.92 Å². The van der Waals surface area contributed by atoms with Crippen LogP contribution in [0.2, 0.25) is 0 Å². The van der Waals surface area contributed by atoms with Gasteiger partial charge in [-0.25, -0.2) is 5.43 Å². The Morgan fingerprint density at radius 1 is 1.09 bits per heavy atom. The number of carbonyl (C=O) groups is 1. The lowest BCUT2D eigenvalue weighted by molar-refractivity contribution is -0.384. The van der Waals surface area contributed by atoms with E-state index >= 15 is 0 Å². The average molecular weight is 534 g/mol. The van der Waals surface area contributed by atoms with Crippen LogP contribution in [0, 0.1) is 10.1 Å². The number of hydrogen-bond acceptors (Lipinski definition) is 8. The minimum atomic E-state index is -4.17. The third-order valence-electron chi connectivity index (χ3n) is 4.21. The first kappa shape index (κ1) is 23.9. The van der Waals surface area contributed by atoms with Gasteiger partial charge in [0, 0.05) is 16.6 Å². The van der Waals surface area contributed by atoms with E-state index in [0.717, 1.165) is 24.3 Å². The first-order valence-corrected chi connectivity index (χ1v) is 11.4. The van der Waals surface area contributed by atoms with Gasteiger partial charge in [-0.3, -0.25) is 14.9 Å². The monoisotopic (exact) mass is 533 g/mol. The van der Waals surface area contributed by atoms with E-state index in [1.807, 2.05) is 0 Å². The Morgan fingerprint density at radius 2 is 1.76 bits per heavy atom. The SMILES string of the molecule is COc1ccc(Br)cc1C(=O)N/N=C\c1ccc(OS(=O)(=O)c2ccc([N+](=O)[O-])cc2)cc1. The molecular weight excluding hydrogens is 518 g/mol. The number of nitrogens with one attached hydrogen (secondary N) is 1. The van der Waals surface area contributed by atoms with E-state index in [9.17, 15) is 23.3 Å². The average Bonchev–Trinajstić information content (AvgIpc) is 2.80. The molecule has 1 N–H and O–H groups in total. The molecule has 10 nitrogen and oxygen atoms in total. The predicted octanol–water partition coefficient (Wildman–Crippen LogP) is 3.90. The van der Waals surface area contributed by atoms with Crippen LogP contribution < -0.4 is 14.3 Å². The zero-order valence-corrected chi connectivity index (χ0v) is 19.4. The van der Waals surface area contributed by atoms with Crippen LogP contribution in [0.3, 0.4) is 0 Å². The third kappa shape index (κ3) is 6.14. The molecule has 0 fully saturated rings. The van der Waals surface area contributed by atoms with Crippen molar-refractivity contribution in [3.8, 4) is 11.5 Å². The maximum Gasteiger partial charge on any atom is 0.339 e. The van der Waals surface area contributed by atoms with E-state index in [0.29, 0.717) is 21.3 Å². The molecule has 0 aliphatic rings. The van der Waals surface area contributed by atoms with Crippen molar-refractivity contribution in [1.82, 2.24) is 5.43 Å². The highest BCUT2D eigenvalue weighted by atomic mass is 79.9. The number of halogens is 1. The Hall–Kier alpha value is -3.77. The lowest BCUT2D eigenvalue weighted by Crippen LogP contribution is -2.18. The van der Waals surface area contributed by atoms with Crippen LogP contribution in [-0.2, 0) is 10.1 Å². The summed E-state index contributed by atoms with van der Waals surface area (Å²) in [7, 11) is -2.71. The second-order valence-electron chi connectivity index (χ2n) is 6.40.